The topological polar surface area (TPSA) is 49.8 Å². The Balaban J connectivity index is 2.24. The number of hydrogen-bond donors (Lipinski definition) is 1. The quantitative estimate of drug-likeness (QED) is 0.611. The number of ketones is 1. The number of nitrogens with zero attached hydrogens (tertiary/aromatic N) is 1. The van der Waals surface area contributed by atoms with Gasteiger partial charge in [0, 0.05) is 19.6 Å². The van der Waals surface area contributed by atoms with Crippen molar-refractivity contribution in [1.82, 2.24) is 4.90 Å². The van der Waals surface area contributed by atoms with E-state index in [9.17, 15) is 9.90 Å². The Bertz CT molecular complexity index is 154. The Labute approximate surface area is 72.1 Å². The van der Waals surface area contributed by atoms with E-state index in [2.05, 4.69) is 0 Å². The van der Waals surface area contributed by atoms with Crippen LogP contribution in [-0.2, 0) is 9.53 Å². The number of morpholine rings is 1. The van der Waals surface area contributed by atoms with Gasteiger partial charge in [-0.15, -0.1) is 0 Å². The number of rotatable bonds is 3. The average molecular weight is 173 g/mol. The molecule has 12 heavy (non-hydrogen) atoms. The molecule has 0 aliphatic carbocycles. The van der Waals surface area contributed by atoms with E-state index in [-0.39, 0.29) is 5.78 Å². The molecule has 70 valence electrons. The molecule has 0 saturated carbocycles. The number of carbonyl (C=O) groups is 1. The van der Waals surface area contributed by atoms with Crippen LogP contribution in [0.5, 0.6) is 0 Å². The molecule has 4 nitrogen and oxygen atoms in total. The van der Waals surface area contributed by atoms with Crippen LogP contribution in [0.4, 0.5) is 0 Å². The van der Waals surface area contributed by atoms with Crippen molar-refractivity contribution in [1.29, 1.82) is 0 Å². The molecule has 0 aromatic heterocycles. The average Bonchev–Trinajstić information content (AvgIpc) is 2.06. The van der Waals surface area contributed by atoms with E-state index in [1.807, 2.05) is 4.90 Å². The lowest BCUT2D eigenvalue weighted by Gasteiger charge is -2.27. The number of hydrogen-bond acceptors (Lipinski definition) is 4. The smallest absolute Gasteiger partial charge is 0.159 e. The molecule has 1 N–H and O–H groups in total. The summed E-state index contributed by atoms with van der Waals surface area (Å²) in [6.07, 6.45) is -0.830. The van der Waals surface area contributed by atoms with Crippen LogP contribution in [0.2, 0.25) is 0 Å². The molecule has 0 aromatic carbocycles. The molecule has 1 atom stereocenters. The number of ether oxygens (including phenoxy) is 1. The van der Waals surface area contributed by atoms with Gasteiger partial charge in [-0.25, -0.2) is 0 Å². The summed E-state index contributed by atoms with van der Waals surface area (Å²) >= 11 is 0. The Morgan fingerprint density at radius 2 is 2.17 bits per heavy atom. The van der Waals surface area contributed by atoms with E-state index in [1.54, 1.807) is 0 Å². The predicted molar refractivity (Wildman–Crippen MR) is 43.9 cm³/mol. The predicted octanol–water partition coefficient (Wildman–Crippen LogP) is -0.732. The van der Waals surface area contributed by atoms with Crippen LogP contribution in [0.1, 0.15) is 6.92 Å². The number of Topliss-reactive ketones (excluding diaryl/α,β-unsaturated/α-hetero) is 1. The minimum Gasteiger partial charge on any atom is -0.384 e. The zero-order valence-electron chi connectivity index (χ0n) is 7.32. The highest BCUT2D eigenvalue weighted by molar-refractivity contribution is 5.80. The van der Waals surface area contributed by atoms with Crippen molar-refractivity contribution in [3.05, 3.63) is 0 Å². The second-order valence-corrected chi connectivity index (χ2v) is 3.04. The number of aliphatic hydroxyl groups excluding tert-OH is 1. The van der Waals surface area contributed by atoms with Crippen molar-refractivity contribution < 1.29 is 14.6 Å². The number of β-amino-alcohol motifs (C(OH)–C–C–N with tert-alkyl or cyclic N) is 1. The van der Waals surface area contributed by atoms with Crippen molar-refractivity contribution in [2.24, 2.45) is 0 Å². The first-order chi connectivity index (χ1) is 5.70. The van der Waals surface area contributed by atoms with Gasteiger partial charge in [0.05, 0.1) is 13.2 Å². The second-order valence-electron chi connectivity index (χ2n) is 3.04. The van der Waals surface area contributed by atoms with Gasteiger partial charge in [0.15, 0.2) is 5.78 Å². The van der Waals surface area contributed by atoms with Crippen molar-refractivity contribution in [2.75, 3.05) is 32.8 Å². The van der Waals surface area contributed by atoms with Gasteiger partial charge in [-0.3, -0.25) is 9.69 Å². The first kappa shape index (κ1) is 9.64. The van der Waals surface area contributed by atoms with Gasteiger partial charge >= 0.3 is 0 Å². The van der Waals surface area contributed by atoms with Crippen LogP contribution in [0.15, 0.2) is 0 Å². The molecule has 1 aliphatic heterocycles. The van der Waals surface area contributed by atoms with Crippen molar-refractivity contribution in [2.45, 2.75) is 13.0 Å². The maximum absolute atomic E-state index is 10.7. The maximum Gasteiger partial charge on any atom is 0.159 e. The van der Waals surface area contributed by atoms with Crippen LogP contribution in [0.25, 0.3) is 0 Å². The molecule has 1 fully saturated rings. The highest BCUT2D eigenvalue weighted by atomic mass is 16.5. The molecule has 0 spiro atoms. The minimum atomic E-state index is -0.830. The van der Waals surface area contributed by atoms with Crippen LogP contribution < -0.4 is 0 Å². The summed E-state index contributed by atoms with van der Waals surface area (Å²) in [5, 5.41) is 9.25. The molecule has 1 unspecified atom stereocenters. The van der Waals surface area contributed by atoms with Crippen LogP contribution in [0.3, 0.4) is 0 Å². The maximum atomic E-state index is 10.7. The van der Waals surface area contributed by atoms with Crippen LogP contribution in [-0.4, -0.2) is 54.7 Å². The normalized spacial score (nSPS) is 22.2. The molecule has 1 saturated heterocycles. The first-order valence-corrected chi connectivity index (χ1v) is 4.19. The van der Waals surface area contributed by atoms with Gasteiger partial charge in [-0.05, 0) is 6.92 Å². The molecule has 1 aliphatic rings. The Hall–Kier alpha value is -0.450. The van der Waals surface area contributed by atoms with Crippen LogP contribution in [0, 0.1) is 0 Å². The summed E-state index contributed by atoms with van der Waals surface area (Å²) in [5.74, 6) is -0.165. The van der Waals surface area contributed by atoms with E-state index in [4.69, 9.17) is 4.74 Å². The molecule has 4 heteroatoms. The zero-order valence-corrected chi connectivity index (χ0v) is 7.32. The lowest BCUT2D eigenvalue weighted by Crippen LogP contribution is -2.42. The molecular weight excluding hydrogens is 158 g/mol. The Morgan fingerprint density at radius 1 is 1.58 bits per heavy atom. The van der Waals surface area contributed by atoms with Gasteiger partial charge < -0.3 is 9.84 Å². The SMILES string of the molecule is CC(=O)C(O)CN1CCOCC1. The fourth-order valence-corrected chi connectivity index (χ4v) is 1.16. The fourth-order valence-electron chi connectivity index (χ4n) is 1.16. The summed E-state index contributed by atoms with van der Waals surface area (Å²) in [4.78, 5) is 12.7. The van der Waals surface area contributed by atoms with Gasteiger partial charge in [0.25, 0.3) is 0 Å². The van der Waals surface area contributed by atoms with Crippen LogP contribution >= 0.6 is 0 Å². The van der Waals surface area contributed by atoms with Gasteiger partial charge in [0.2, 0.25) is 0 Å². The molecule has 1 heterocycles. The standard InChI is InChI=1S/C8H15NO3/c1-7(10)8(11)6-9-2-4-12-5-3-9/h8,11H,2-6H2,1H3. The molecule has 0 amide bonds. The monoisotopic (exact) mass is 173 g/mol. The Kier molecular flexibility index (Phi) is 3.65. The minimum absolute atomic E-state index is 0.165. The largest absolute Gasteiger partial charge is 0.384 e. The molecule has 1 rings (SSSR count). The summed E-state index contributed by atoms with van der Waals surface area (Å²) in [7, 11) is 0. The molecule has 0 radical (unpaired) electrons. The van der Waals surface area contributed by atoms with Crippen molar-refractivity contribution in [3.63, 3.8) is 0 Å². The highest BCUT2D eigenvalue weighted by Gasteiger charge is 2.17. The number of aliphatic hydroxyl groups is 1. The summed E-state index contributed by atoms with van der Waals surface area (Å²) < 4.78 is 5.13. The molecular formula is C8H15NO3. The summed E-state index contributed by atoms with van der Waals surface area (Å²) in [5.41, 5.74) is 0. The van der Waals surface area contributed by atoms with E-state index < -0.39 is 6.10 Å². The number of carbonyl (C=O) groups excluding carboxylic acids is 1. The summed E-state index contributed by atoms with van der Waals surface area (Å²) in [6, 6.07) is 0. The third-order valence-corrected chi connectivity index (χ3v) is 2.00. The molecule has 0 bridgehead atoms. The van der Waals surface area contributed by atoms with E-state index in [0.29, 0.717) is 19.8 Å². The Morgan fingerprint density at radius 3 is 2.67 bits per heavy atom. The van der Waals surface area contributed by atoms with E-state index in [1.165, 1.54) is 6.92 Å². The van der Waals surface area contributed by atoms with Crippen molar-refractivity contribution >= 4 is 5.78 Å². The zero-order chi connectivity index (χ0) is 8.97. The lowest BCUT2D eigenvalue weighted by atomic mass is 10.2. The highest BCUT2D eigenvalue weighted by Crippen LogP contribution is 1.98. The van der Waals surface area contributed by atoms with Gasteiger partial charge in [0.1, 0.15) is 6.10 Å². The molecule has 0 aromatic rings. The lowest BCUT2D eigenvalue weighted by molar-refractivity contribution is -0.126. The van der Waals surface area contributed by atoms with E-state index >= 15 is 0 Å². The van der Waals surface area contributed by atoms with E-state index in [0.717, 1.165) is 13.1 Å². The van der Waals surface area contributed by atoms with Crippen molar-refractivity contribution in [3.8, 4) is 0 Å². The van der Waals surface area contributed by atoms with Gasteiger partial charge in [-0.1, -0.05) is 0 Å². The third kappa shape index (κ3) is 2.89. The first-order valence-electron chi connectivity index (χ1n) is 4.19. The fraction of sp³-hybridized carbons (Fsp3) is 0.875. The summed E-state index contributed by atoms with van der Waals surface area (Å²) in [6.45, 7) is 4.87. The third-order valence-electron chi connectivity index (χ3n) is 2.00. The second kappa shape index (κ2) is 4.54. The van der Waals surface area contributed by atoms with Gasteiger partial charge in [-0.2, -0.15) is 0 Å².